The van der Waals surface area contributed by atoms with E-state index in [0.717, 1.165) is 39.5 Å². The predicted molar refractivity (Wildman–Crippen MR) is 120 cm³/mol. The van der Waals surface area contributed by atoms with E-state index < -0.39 is 0 Å². The van der Waals surface area contributed by atoms with Crippen molar-refractivity contribution in [2.45, 2.75) is 0 Å². The molecule has 0 saturated carbocycles. The van der Waals surface area contributed by atoms with Crippen molar-refractivity contribution in [1.29, 1.82) is 0 Å². The van der Waals surface area contributed by atoms with Crippen LogP contribution >= 0.6 is 0 Å². The summed E-state index contributed by atoms with van der Waals surface area (Å²) in [6, 6.07) is 19.5. The van der Waals surface area contributed by atoms with Crippen LogP contribution in [0.15, 0.2) is 72.9 Å². The first-order chi connectivity index (χ1) is 15.0. The van der Waals surface area contributed by atoms with Crippen molar-refractivity contribution in [3.63, 3.8) is 0 Å². The standard InChI is InChI=1S/C24H20FN5O/c1-29-21-5-3-4-19(23(21)28-24(29)15-6-8-16(25)9-7-15)27-17-10-11-18(22(31)14-17)20-12-13-26-30(20)2/h3-14,27,31H,1-2H3. The molecule has 0 fully saturated rings. The number of rotatable bonds is 4. The van der Waals surface area contributed by atoms with Gasteiger partial charge in [-0.25, -0.2) is 9.37 Å². The summed E-state index contributed by atoms with van der Waals surface area (Å²) in [5.41, 5.74) is 5.67. The molecule has 2 heterocycles. The van der Waals surface area contributed by atoms with Gasteiger partial charge in [0.15, 0.2) is 0 Å². The molecule has 0 aliphatic rings. The Labute approximate surface area is 178 Å². The molecule has 31 heavy (non-hydrogen) atoms. The van der Waals surface area contributed by atoms with Crippen LogP contribution in [-0.4, -0.2) is 24.4 Å². The first-order valence-corrected chi connectivity index (χ1v) is 9.81. The van der Waals surface area contributed by atoms with Crippen molar-refractivity contribution >= 4 is 22.4 Å². The Hall–Kier alpha value is -4.13. The highest BCUT2D eigenvalue weighted by molar-refractivity contribution is 5.93. The molecule has 0 amide bonds. The highest BCUT2D eigenvalue weighted by Crippen LogP contribution is 2.34. The van der Waals surface area contributed by atoms with Gasteiger partial charge in [0.2, 0.25) is 0 Å². The third-order valence-corrected chi connectivity index (χ3v) is 5.39. The van der Waals surface area contributed by atoms with Crippen LogP contribution in [0.4, 0.5) is 15.8 Å². The lowest BCUT2D eigenvalue weighted by Crippen LogP contribution is -1.95. The van der Waals surface area contributed by atoms with E-state index in [-0.39, 0.29) is 11.6 Å². The Morgan fingerprint density at radius 3 is 2.48 bits per heavy atom. The number of aromatic nitrogens is 4. The zero-order chi connectivity index (χ0) is 21.5. The monoisotopic (exact) mass is 413 g/mol. The number of imidazole rings is 1. The maximum absolute atomic E-state index is 13.3. The lowest BCUT2D eigenvalue weighted by Gasteiger charge is -2.10. The molecular formula is C24H20FN5O. The molecule has 6 nitrogen and oxygen atoms in total. The molecule has 0 spiro atoms. The number of phenolic OH excluding ortho intramolecular Hbond substituents is 1. The summed E-state index contributed by atoms with van der Waals surface area (Å²) >= 11 is 0. The normalized spacial score (nSPS) is 11.2. The number of anilines is 2. The van der Waals surface area contributed by atoms with Gasteiger partial charge in [-0.2, -0.15) is 5.10 Å². The van der Waals surface area contributed by atoms with Gasteiger partial charge in [0.25, 0.3) is 0 Å². The quantitative estimate of drug-likeness (QED) is 0.423. The highest BCUT2D eigenvalue weighted by atomic mass is 19.1. The molecule has 7 heteroatoms. The molecule has 0 unspecified atom stereocenters. The maximum atomic E-state index is 13.3. The van der Waals surface area contributed by atoms with Crippen molar-refractivity contribution in [3.8, 4) is 28.4 Å². The number of para-hydroxylation sites is 1. The zero-order valence-electron chi connectivity index (χ0n) is 17.0. The Morgan fingerprint density at radius 2 is 1.77 bits per heavy atom. The third kappa shape index (κ3) is 3.30. The number of fused-ring (bicyclic) bond motifs is 1. The van der Waals surface area contributed by atoms with E-state index >= 15 is 0 Å². The molecule has 0 radical (unpaired) electrons. The smallest absolute Gasteiger partial charge is 0.140 e. The Balaban J connectivity index is 1.52. The van der Waals surface area contributed by atoms with Crippen LogP contribution in [0, 0.1) is 5.82 Å². The molecular weight excluding hydrogens is 393 g/mol. The highest BCUT2D eigenvalue weighted by Gasteiger charge is 2.14. The summed E-state index contributed by atoms with van der Waals surface area (Å²) in [5, 5.41) is 18.1. The Morgan fingerprint density at radius 1 is 0.968 bits per heavy atom. The van der Waals surface area contributed by atoms with E-state index in [2.05, 4.69) is 10.4 Å². The largest absolute Gasteiger partial charge is 0.507 e. The molecule has 2 aromatic heterocycles. The summed E-state index contributed by atoms with van der Waals surface area (Å²) in [4.78, 5) is 4.80. The molecule has 0 atom stereocenters. The second-order valence-electron chi connectivity index (χ2n) is 7.37. The van der Waals surface area contributed by atoms with Gasteiger partial charge in [0.05, 0.1) is 16.9 Å². The number of halogens is 1. The number of benzene rings is 3. The lowest BCUT2D eigenvalue weighted by atomic mass is 10.1. The van der Waals surface area contributed by atoms with Crippen LogP contribution in [0.2, 0.25) is 0 Å². The average Bonchev–Trinajstić information content (AvgIpc) is 3.33. The molecule has 154 valence electrons. The second-order valence-corrected chi connectivity index (χ2v) is 7.37. The summed E-state index contributed by atoms with van der Waals surface area (Å²) in [5.74, 6) is 0.631. The van der Waals surface area contributed by atoms with Crippen molar-refractivity contribution in [2.24, 2.45) is 14.1 Å². The fourth-order valence-corrected chi connectivity index (χ4v) is 3.79. The first kappa shape index (κ1) is 18.9. The van der Waals surface area contributed by atoms with Gasteiger partial charge in [-0.3, -0.25) is 4.68 Å². The number of phenols is 1. The van der Waals surface area contributed by atoms with Gasteiger partial charge < -0.3 is 15.0 Å². The minimum atomic E-state index is -0.278. The van der Waals surface area contributed by atoms with Crippen LogP contribution in [0.3, 0.4) is 0 Å². The van der Waals surface area contributed by atoms with Gasteiger partial charge in [-0.05, 0) is 54.6 Å². The van der Waals surface area contributed by atoms with Crippen LogP contribution < -0.4 is 5.32 Å². The summed E-state index contributed by atoms with van der Waals surface area (Å²) in [6.45, 7) is 0. The first-order valence-electron chi connectivity index (χ1n) is 9.81. The van der Waals surface area contributed by atoms with Gasteiger partial charge in [-0.1, -0.05) is 6.07 Å². The van der Waals surface area contributed by atoms with E-state index in [9.17, 15) is 9.50 Å². The van der Waals surface area contributed by atoms with Gasteiger partial charge in [0.1, 0.15) is 22.9 Å². The second kappa shape index (κ2) is 7.28. The predicted octanol–water partition coefficient (Wildman–Crippen LogP) is 5.23. The van der Waals surface area contributed by atoms with Crippen molar-refractivity contribution in [1.82, 2.24) is 19.3 Å². The van der Waals surface area contributed by atoms with Crippen molar-refractivity contribution < 1.29 is 9.50 Å². The summed E-state index contributed by atoms with van der Waals surface area (Å²) in [7, 11) is 3.77. The van der Waals surface area contributed by atoms with Crippen molar-refractivity contribution in [3.05, 3.63) is 78.7 Å². The number of aromatic hydroxyl groups is 1. The number of aryl methyl sites for hydroxylation is 2. The van der Waals surface area contributed by atoms with Gasteiger partial charge in [0, 0.05) is 43.2 Å². The molecule has 0 bridgehead atoms. The summed E-state index contributed by atoms with van der Waals surface area (Å²) < 4.78 is 17.0. The number of hydrogen-bond acceptors (Lipinski definition) is 4. The molecule has 2 N–H and O–H groups in total. The Bertz CT molecular complexity index is 1400. The number of nitrogens with one attached hydrogen (secondary N) is 1. The fourth-order valence-electron chi connectivity index (χ4n) is 3.79. The van der Waals surface area contributed by atoms with E-state index in [0.29, 0.717) is 5.56 Å². The van der Waals surface area contributed by atoms with Crippen LogP contribution in [0.5, 0.6) is 5.75 Å². The SMILES string of the molecule is Cn1nccc1-c1ccc(Nc2cccc3c2nc(-c2ccc(F)cc2)n3C)cc1O. The van der Waals surface area contributed by atoms with E-state index in [4.69, 9.17) is 4.98 Å². The van der Waals surface area contributed by atoms with Crippen molar-refractivity contribution in [2.75, 3.05) is 5.32 Å². The molecule has 0 aliphatic carbocycles. The van der Waals surface area contributed by atoms with Crippen LogP contribution in [0.1, 0.15) is 0 Å². The maximum Gasteiger partial charge on any atom is 0.140 e. The molecule has 0 saturated heterocycles. The minimum Gasteiger partial charge on any atom is -0.507 e. The van der Waals surface area contributed by atoms with Crippen LogP contribution in [-0.2, 0) is 14.1 Å². The average molecular weight is 413 g/mol. The molecule has 5 rings (SSSR count). The minimum absolute atomic E-state index is 0.161. The van der Waals surface area contributed by atoms with E-state index in [1.807, 2.05) is 55.1 Å². The van der Waals surface area contributed by atoms with Gasteiger partial charge in [-0.15, -0.1) is 0 Å². The van der Waals surface area contributed by atoms with Gasteiger partial charge >= 0.3 is 0 Å². The van der Waals surface area contributed by atoms with E-state index in [1.165, 1.54) is 12.1 Å². The molecule has 0 aliphatic heterocycles. The number of hydrogen-bond donors (Lipinski definition) is 2. The molecule has 5 aromatic rings. The fraction of sp³-hybridized carbons (Fsp3) is 0.0833. The molecule has 3 aromatic carbocycles. The summed E-state index contributed by atoms with van der Waals surface area (Å²) in [6.07, 6.45) is 1.70. The topological polar surface area (TPSA) is 67.9 Å². The van der Waals surface area contributed by atoms with Crippen LogP contribution in [0.25, 0.3) is 33.7 Å². The zero-order valence-corrected chi connectivity index (χ0v) is 17.0. The number of nitrogens with zero attached hydrogens (tertiary/aromatic N) is 4. The Kier molecular flexibility index (Phi) is 4.43. The third-order valence-electron chi connectivity index (χ3n) is 5.39. The van der Waals surface area contributed by atoms with E-state index in [1.54, 1.807) is 29.1 Å². The lowest BCUT2D eigenvalue weighted by molar-refractivity contribution is 0.477.